The molecule has 2 fully saturated rings. The summed E-state index contributed by atoms with van der Waals surface area (Å²) in [6, 6.07) is 22.9. The van der Waals surface area contributed by atoms with Crippen LogP contribution in [0.2, 0.25) is 10.0 Å². The van der Waals surface area contributed by atoms with Crippen molar-refractivity contribution in [3.63, 3.8) is 0 Å². The van der Waals surface area contributed by atoms with Gasteiger partial charge in [0.25, 0.3) is 5.91 Å². The lowest BCUT2D eigenvalue weighted by Crippen LogP contribution is -2.44. The lowest BCUT2D eigenvalue weighted by atomic mass is 9.77. The monoisotopic (exact) mass is 494 g/mol. The zero-order valence-electron chi connectivity index (χ0n) is 19.1. The third-order valence-electron chi connectivity index (χ3n) is 7.11. The Balaban J connectivity index is 1.19. The molecule has 0 aromatic heterocycles. The van der Waals surface area contributed by atoms with Crippen molar-refractivity contribution >= 4 is 29.1 Å². The van der Waals surface area contributed by atoms with E-state index in [1.165, 1.54) is 12.0 Å². The highest BCUT2D eigenvalue weighted by atomic mass is 35.5. The third kappa shape index (κ3) is 5.25. The number of hydrogen-bond donors (Lipinski definition) is 0. The molecule has 3 aromatic rings. The van der Waals surface area contributed by atoms with Crippen LogP contribution in [0, 0.1) is 5.41 Å². The minimum atomic E-state index is 0.105. The summed E-state index contributed by atoms with van der Waals surface area (Å²) < 4.78 is 6.16. The molecule has 0 unspecified atom stereocenters. The number of rotatable bonds is 5. The number of carbonyl (C=O) groups excluding carboxylic acids is 1. The minimum absolute atomic E-state index is 0.105. The maximum absolute atomic E-state index is 12.9. The second kappa shape index (κ2) is 9.99. The Morgan fingerprint density at radius 1 is 0.853 bits per heavy atom. The number of carbonyl (C=O) groups is 1. The molecule has 0 saturated carbocycles. The van der Waals surface area contributed by atoms with Crippen molar-refractivity contribution < 1.29 is 9.53 Å². The van der Waals surface area contributed by atoms with Gasteiger partial charge in [-0.1, -0.05) is 47.5 Å². The Morgan fingerprint density at radius 2 is 1.59 bits per heavy atom. The van der Waals surface area contributed by atoms with Crippen LogP contribution in [0.15, 0.2) is 72.8 Å². The summed E-state index contributed by atoms with van der Waals surface area (Å²) in [4.78, 5) is 17.4. The number of para-hydroxylation sites is 1. The van der Waals surface area contributed by atoms with Gasteiger partial charge in [0.1, 0.15) is 11.5 Å². The summed E-state index contributed by atoms with van der Waals surface area (Å²) in [6.45, 7) is 4.59. The molecule has 2 aliphatic heterocycles. The Hall–Kier alpha value is -2.53. The summed E-state index contributed by atoms with van der Waals surface area (Å²) in [5, 5.41) is 1.32. The number of piperidine rings is 1. The van der Waals surface area contributed by atoms with Crippen LogP contribution in [0.5, 0.6) is 11.5 Å². The first-order valence-corrected chi connectivity index (χ1v) is 12.5. The molecule has 0 radical (unpaired) electrons. The van der Waals surface area contributed by atoms with Gasteiger partial charge in [-0.15, -0.1) is 0 Å². The molecule has 1 spiro atoms. The van der Waals surface area contributed by atoms with Crippen molar-refractivity contribution in [3.8, 4) is 11.5 Å². The average molecular weight is 495 g/mol. The third-order valence-corrected chi connectivity index (χ3v) is 7.60. The van der Waals surface area contributed by atoms with E-state index in [9.17, 15) is 4.79 Å². The normalized spacial score (nSPS) is 17.8. The van der Waals surface area contributed by atoms with E-state index in [0.717, 1.165) is 57.1 Å². The highest BCUT2D eigenvalue weighted by molar-refractivity contribution is 6.31. The maximum Gasteiger partial charge on any atom is 0.253 e. The van der Waals surface area contributed by atoms with E-state index in [0.29, 0.717) is 21.0 Å². The van der Waals surface area contributed by atoms with Crippen LogP contribution in [-0.4, -0.2) is 41.9 Å². The van der Waals surface area contributed by atoms with E-state index in [2.05, 4.69) is 17.0 Å². The first-order chi connectivity index (χ1) is 16.5. The van der Waals surface area contributed by atoms with Crippen molar-refractivity contribution in [2.24, 2.45) is 5.41 Å². The predicted octanol–water partition coefficient (Wildman–Crippen LogP) is 6.91. The zero-order valence-corrected chi connectivity index (χ0v) is 20.6. The van der Waals surface area contributed by atoms with E-state index in [1.54, 1.807) is 12.1 Å². The van der Waals surface area contributed by atoms with Gasteiger partial charge in [0.2, 0.25) is 0 Å². The summed E-state index contributed by atoms with van der Waals surface area (Å²) in [5.41, 5.74) is 2.18. The van der Waals surface area contributed by atoms with Crippen LogP contribution in [0.4, 0.5) is 0 Å². The van der Waals surface area contributed by atoms with Crippen LogP contribution in [0.25, 0.3) is 0 Å². The molecule has 2 saturated heterocycles. The van der Waals surface area contributed by atoms with Gasteiger partial charge in [0.05, 0.1) is 0 Å². The Morgan fingerprint density at radius 3 is 2.35 bits per heavy atom. The van der Waals surface area contributed by atoms with Crippen LogP contribution < -0.4 is 4.74 Å². The molecule has 2 aliphatic rings. The van der Waals surface area contributed by atoms with Crippen molar-refractivity contribution in [3.05, 3.63) is 94.0 Å². The summed E-state index contributed by atoms with van der Waals surface area (Å²) in [7, 11) is 0. The van der Waals surface area contributed by atoms with Crippen molar-refractivity contribution in [2.75, 3.05) is 26.2 Å². The van der Waals surface area contributed by atoms with Gasteiger partial charge in [-0.05, 0) is 79.8 Å². The Kier molecular flexibility index (Phi) is 6.82. The van der Waals surface area contributed by atoms with Crippen LogP contribution in [0.3, 0.4) is 0 Å². The van der Waals surface area contributed by atoms with Gasteiger partial charge in [-0.3, -0.25) is 9.69 Å². The van der Waals surface area contributed by atoms with Crippen LogP contribution in [0.1, 0.15) is 35.2 Å². The molecule has 1 amide bonds. The number of nitrogens with zero attached hydrogens (tertiary/aromatic N) is 2. The molecule has 4 nitrogen and oxygen atoms in total. The van der Waals surface area contributed by atoms with Gasteiger partial charge in [0.15, 0.2) is 0 Å². The molecule has 6 heteroatoms. The fourth-order valence-corrected chi connectivity index (χ4v) is 5.47. The standard InChI is InChI=1S/C28H28Cl2N2O2/c29-23-10-8-21(9-11-23)27(33)32-16-13-28(14-17-32)12-15-31(20-28)19-22-4-1-2-7-26(22)34-25-6-3-5-24(30)18-25/h1-11,18H,12-17,19-20H2. The number of ether oxygens (including phenoxy) is 1. The maximum atomic E-state index is 12.9. The van der Waals surface area contributed by atoms with Gasteiger partial charge in [-0.2, -0.15) is 0 Å². The fourth-order valence-electron chi connectivity index (χ4n) is 5.16. The second-order valence-electron chi connectivity index (χ2n) is 9.43. The van der Waals surface area contributed by atoms with Gasteiger partial charge in [0, 0.05) is 47.4 Å². The molecule has 3 aromatic carbocycles. The molecule has 0 atom stereocenters. The highest BCUT2D eigenvalue weighted by Crippen LogP contribution is 2.41. The molecular weight excluding hydrogens is 467 g/mol. The quantitative estimate of drug-likeness (QED) is 0.386. The number of likely N-dealkylation sites (tertiary alicyclic amines) is 2. The van der Waals surface area contributed by atoms with E-state index in [1.807, 2.05) is 53.4 Å². The first-order valence-electron chi connectivity index (χ1n) is 11.8. The van der Waals surface area contributed by atoms with E-state index >= 15 is 0 Å². The fraction of sp³-hybridized carbons (Fsp3) is 0.321. The lowest BCUT2D eigenvalue weighted by molar-refractivity contribution is 0.0587. The number of amides is 1. The van der Waals surface area contributed by atoms with Gasteiger partial charge < -0.3 is 9.64 Å². The van der Waals surface area contributed by atoms with Gasteiger partial charge >= 0.3 is 0 Å². The zero-order chi connectivity index (χ0) is 23.5. The smallest absolute Gasteiger partial charge is 0.253 e. The Labute approximate surface area is 211 Å². The Bertz CT molecular complexity index is 1160. The molecular formula is C28H28Cl2N2O2. The van der Waals surface area contributed by atoms with Crippen molar-refractivity contribution in [2.45, 2.75) is 25.8 Å². The lowest BCUT2D eigenvalue weighted by Gasteiger charge is -2.39. The van der Waals surface area contributed by atoms with E-state index in [4.69, 9.17) is 27.9 Å². The summed E-state index contributed by atoms with van der Waals surface area (Å²) in [6.07, 6.45) is 3.26. The predicted molar refractivity (Wildman–Crippen MR) is 137 cm³/mol. The molecule has 0 N–H and O–H groups in total. The highest BCUT2D eigenvalue weighted by Gasteiger charge is 2.41. The van der Waals surface area contributed by atoms with E-state index < -0.39 is 0 Å². The second-order valence-corrected chi connectivity index (χ2v) is 10.3. The first kappa shape index (κ1) is 23.2. The van der Waals surface area contributed by atoms with Crippen LogP contribution in [-0.2, 0) is 6.54 Å². The average Bonchev–Trinajstić information content (AvgIpc) is 3.23. The molecule has 5 rings (SSSR count). The largest absolute Gasteiger partial charge is 0.457 e. The van der Waals surface area contributed by atoms with Crippen molar-refractivity contribution in [1.82, 2.24) is 9.80 Å². The number of benzene rings is 3. The molecule has 2 heterocycles. The summed E-state index contributed by atoms with van der Waals surface area (Å²) >= 11 is 12.1. The molecule has 0 bridgehead atoms. The van der Waals surface area contributed by atoms with E-state index in [-0.39, 0.29) is 5.91 Å². The topological polar surface area (TPSA) is 32.8 Å². The number of hydrogen-bond acceptors (Lipinski definition) is 3. The molecule has 34 heavy (non-hydrogen) atoms. The minimum Gasteiger partial charge on any atom is -0.457 e. The van der Waals surface area contributed by atoms with Crippen molar-refractivity contribution in [1.29, 1.82) is 0 Å². The molecule has 176 valence electrons. The van der Waals surface area contributed by atoms with Gasteiger partial charge in [-0.25, -0.2) is 0 Å². The SMILES string of the molecule is O=C(c1ccc(Cl)cc1)N1CCC2(CCN(Cc3ccccc3Oc3cccc(Cl)c3)C2)CC1. The molecule has 0 aliphatic carbocycles. The summed E-state index contributed by atoms with van der Waals surface area (Å²) in [5.74, 6) is 1.72. The van der Waals surface area contributed by atoms with Crippen LogP contribution >= 0.6 is 23.2 Å². The number of halogens is 2.